The molecule has 0 atom stereocenters. The zero-order chi connectivity index (χ0) is 20.3. The van der Waals surface area contributed by atoms with Crippen molar-refractivity contribution in [2.24, 2.45) is 0 Å². The third-order valence-corrected chi connectivity index (χ3v) is 4.39. The molecule has 2 aromatic rings. The van der Waals surface area contributed by atoms with Crippen LogP contribution in [0.25, 0.3) is 0 Å². The van der Waals surface area contributed by atoms with Crippen LogP contribution in [0.5, 0.6) is 0 Å². The number of alkyl halides is 3. The Bertz CT molecular complexity index is 855. The summed E-state index contributed by atoms with van der Waals surface area (Å²) < 4.78 is 41.3. The Balaban J connectivity index is 1.42. The van der Waals surface area contributed by atoms with Gasteiger partial charge in [-0.25, -0.2) is 4.79 Å². The summed E-state index contributed by atoms with van der Waals surface area (Å²) in [4.78, 5) is 22.6. The van der Waals surface area contributed by atoms with Crippen LogP contribution in [0.3, 0.4) is 0 Å². The number of carbonyl (C=O) groups excluding carboxylic acids is 1. The Morgan fingerprint density at radius 2 is 2.00 bits per heavy atom. The number of hydrogen-bond acceptors (Lipinski definition) is 4. The van der Waals surface area contributed by atoms with Crippen LogP contribution in [0.1, 0.15) is 53.5 Å². The summed E-state index contributed by atoms with van der Waals surface area (Å²) in [5, 5.41) is 19.0. The minimum absolute atomic E-state index is 0.0932. The average molecular weight is 399 g/mol. The van der Waals surface area contributed by atoms with Crippen molar-refractivity contribution in [3.05, 3.63) is 35.4 Å². The Labute approximate surface area is 158 Å². The topological polar surface area (TPSA) is 102 Å². The quantitative estimate of drug-likeness (QED) is 0.630. The van der Waals surface area contributed by atoms with Gasteiger partial charge in [0.1, 0.15) is 0 Å². The number of halogens is 3. The minimum atomic E-state index is -4.46. The highest BCUT2D eigenvalue weighted by Crippen LogP contribution is 2.42. The van der Waals surface area contributed by atoms with Crippen LogP contribution in [0.15, 0.2) is 18.3 Å². The summed E-state index contributed by atoms with van der Waals surface area (Å²) in [6.07, 6.45) is -0.668. The summed E-state index contributed by atoms with van der Waals surface area (Å²) in [5.41, 5.74) is -0.366. The summed E-state index contributed by atoms with van der Waals surface area (Å²) in [6, 6.07) is 2.46. The largest absolute Gasteiger partial charge is 0.476 e. The lowest BCUT2D eigenvalue weighted by molar-refractivity contribution is -0.141. The number of carbonyl (C=O) groups is 2. The third kappa shape index (κ3) is 5.11. The van der Waals surface area contributed by atoms with Gasteiger partial charge in [-0.05, 0) is 31.4 Å². The van der Waals surface area contributed by atoms with Gasteiger partial charge in [0.2, 0.25) is 5.91 Å². The van der Waals surface area contributed by atoms with E-state index in [-0.39, 0.29) is 30.5 Å². The molecule has 2 aromatic heterocycles. The SMILES string of the molecule is O=C(CCn1ccc(C(=O)O)n1)NCCCn1nc(C(F)(F)F)cc1C1CC1. The lowest BCUT2D eigenvalue weighted by atomic mass is 10.2. The third-order valence-electron chi connectivity index (χ3n) is 4.39. The van der Waals surface area contributed by atoms with Gasteiger partial charge in [-0.1, -0.05) is 0 Å². The van der Waals surface area contributed by atoms with Crippen LogP contribution in [0.2, 0.25) is 0 Å². The van der Waals surface area contributed by atoms with Gasteiger partial charge < -0.3 is 10.4 Å². The van der Waals surface area contributed by atoms with Gasteiger partial charge in [0, 0.05) is 43.9 Å². The van der Waals surface area contributed by atoms with Gasteiger partial charge in [-0.2, -0.15) is 23.4 Å². The fourth-order valence-corrected chi connectivity index (χ4v) is 2.82. The zero-order valence-electron chi connectivity index (χ0n) is 14.9. The maximum absolute atomic E-state index is 12.9. The Hall–Kier alpha value is -2.85. The molecule has 0 aromatic carbocycles. The van der Waals surface area contributed by atoms with Crippen molar-refractivity contribution in [2.45, 2.75) is 50.9 Å². The number of rotatable bonds is 9. The van der Waals surface area contributed by atoms with E-state index in [9.17, 15) is 22.8 Å². The fourth-order valence-electron chi connectivity index (χ4n) is 2.82. The monoisotopic (exact) mass is 399 g/mol. The molecule has 2 N–H and O–H groups in total. The molecule has 0 bridgehead atoms. The summed E-state index contributed by atoms with van der Waals surface area (Å²) in [7, 11) is 0. The van der Waals surface area contributed by atoms with Crippen molar-refractivity contribution in [1.82, 2.24) is 24.9 Å². The van der Waals surface area contributed by atoms with E-state index in [0.29, 0.717) is 25.2 Å². The van der Waals surface area contributed by atoms with Gasteiger partial charge in [0.25, 0.3) is 0 Å². The molecular weight excluding hydrogens is 379 g/mol. The molecule has 2 heterocycles. The van der Waals surface area contributed by atoms with Gasteiger partial charge in [-0.15, -0.1) is 0 Å². The molecule has 11 heteroatoms. The predicted octanol–water partition coefficient (Wildman–Crippen LogP) is 2.27. The first kappa shape index (κ1) is 19.9. The first-order valence-corrected chi connectivity index (χ1v) is 8.92. The molecule has 1 amide bonds. The Kier molecular flexibility index (Phi) is 5.71. The maximum atomic E-state index is 12.9. The molecular formula is C17H20F3N5O3. The van der Waals surface area contributed by atoms with Crippen molar-refractivity contribution in [1.29, 1.82) is 0 Å². The van der Waals surface area contributed by atoms with Gasteiger partial charge in [0.05, 0.1) is 0 Å². The number of amides is 1. The highest BCUT2D eigenvalue weighted by atomic mass is 19.4. The molecule has 3 rings (SSSR count). The average Bonchev–Trinajstić information content (AvgIpc) is 3.18. The first-order valence-electron chi connectivity index (χ1n) is 8.92. The van der Waals surface area contributed by atoms with E-state index in [4.69, 9.17) is 5.11 Å². The molecule has 0 spiro atoms. The zero-order valence-corrected chi connectivity index (χ0v) is 14.9. The molecule has 1 saturated carbocycles. The molecule has 8 nitrogen and oxygen atoms in total. The smallest absolute Gasteiger partial charge is 0.435 e. The van der Waals surface area contributed by atoms with E-state index < -0.39 is 17.8 Å². The number of aromatic nitrogens is 4. The normalized spacial score (nSPS) is 14.2. The number of aryl methyl sites for hydroxylation is 2. The number of nitrogens with one attached hydrogen (secondary N) is 1. The Morgan fingerprint density at radius 1 is 1.25 bits per heavy atom. The lowest BCUT2D eigenvalue weighted by Crippen LogP contribution is -2.26. The van der Waals surface area contributed by atoms with Crippen molar-refractivity contribution in [2.75, 3.05) is 6.54 Å². The standard InChI is InChI=1S/C17H20F3N5O3/c18-17(19,20)14-10-13(11-2-3-11)25(23-14)7-1-6-21-15(26)5-9-24-8-4-12(22-24)16(27)28/h4,8,10-11H,1-3,5-7,9H2,(H,21,26)(H,27,28). The van der Waals surface area contributed by atoms with Gasteiger partial charge in [0.15, 0.2) is 11.4 Å². The van der Waals surface area contributed by atoms with Crippen molar-refractivity contribution >= 4 is 11.9 Å². The highest BCUT2D eigenvalue weighted by Gasteiger charge is 2.37. The van der Waals surface area contributed by atoms with Gasteiger partial charge >= 0.3 is 12.1 Å². The molecule has 0 saturated heterocycles. The van der Waals surface area contributed by atoms with Crippen LogP contribution in [-0.4, -0.2) is 43.1 Å². The second kappa shape index (κ2) is 8.03. The molecule has 1 aliphatic rings. The second-order valence-electron chi connectivity index (χ2n) is 6.67. The highest BCUT2D eigenvalue weighted by molar-refractivity contribution is 5.85. The van der Waals surface area contributed by atoms with E-state index in [2.05, 4.69) is 15.5 Å². The number of carboxylic acids is 1. The molecule has 0 radical (unpaired) electrons. The maximum Gasteiger partial charge on any atom is 0.435 e. The van der Waals surface area contributed by atoms with Crippen LogP contribution < -0.4 is 5.32 Å². The van der Waals surface area contributed by atoms with E-state index in [0.717, 1.165) is 18.9 Å². The molecule has 28 heavy (non-hydrogen) atoms. The summed E-state index contributed by atoms with van der Waals surface area (Å²) in [5.74, 6) is -1.24. The van der Waals surface area contributed by atoms with E-state index in [1.807, 2.05) is 0 Å². The van der Waals surface area contributed by atoms with Gasteiger partial charge in [-0.3, -0.25) is 14.2 Å². The predicted molar refractivity (Wildman–Crippen MR) is 90.6 cm³/mol. The Morgan fingerprint density at radius 3 is 2.61 bits per heavy atom. The number of hydrogen-bond donors (Lipinski definition) is 2. The number of nitrogens with zero attached hydrogens (tertiary/aromatic N) is 4. The van der Waals surface area contributed by atoms with E-state index >= 15 is 0 Å². The summed E-state index contributed by atoms with van der Waals surface area (Å²) in [6.45, 7) is 0.839. The number of carboxylic acid groups (broad SMARTS) is 1. The fraction of sp³-hybridized carbons (Fsp3) is 0.529. The second-order valence-corrected chi connectivity index (χ2v) is 6.67. The van der Waals surface area contributed by atoms with Crippen LogP contribution in [0, 0.1) is 0 Å². The van der Waals surface area contributed by atoms with Crippen LogP contribution >= 0.6 is 0 Å². The van der Waals surface area contributed by atoms with E-state index in [1.54, 1.807) is 0 Å². The summed E-state index contributed by atoms with van der Waals surface area (Å²) >= 11 is 0. The number of aromatic carboxylic acids is 1. The minimum Gasteiger partial charge on any atom is -0.476 e. The van der Waals surface area contributed by atoms with E-state index in [1.165, 1.54) is 21.6 Å². The van der Waals surface area contributed by atoms with Crippen molar-refractivity contribution < 1.29 is 27.9 Å². The lowest BCUT2D eigenvalue weighted by Gasteiger charge is -2.08. The van der Waals surface area contributed by atoms with Crippen molar-refractivity contribution in [3.63, 3.8) is 0 Å². The first-order chi connectivity index (χ1) is 13.2. The van der Waals surface area contributed by atoms with Crippen molar-refractivity contribution in [3.8, 4) is 0 Å². The molecule has 0 aliphatic heterocycles. The van der Waals surface area contributed by atoms with Crippen LogP contribution in [0.4, 0.5) is 13.2 Å². The van der Waals surface area contributed by atoms with Crippen LogP contribution in [-0.2, 0) is 24.1 Å². The molecule has 1 fully saturated rings. The molecule has 1 aliphatic carbocycles. The molecule has 152 valence electrons. The molecule has 0 unspecified atom stereocenters.